The molecule has 0 unspecified atom stereocenters. The van der Waals surface area contributed by atoms with Crippen LogP contribution in [0.2, 0.25) is 0 Å². The van der Waals surface area contributed by atoms with Crippen LogP contribution in [0.15, 0.2) is 47.6 Å². The average molecular weight is 329 g/mol. The van der Waals surface area contributed by atoms with Crippen molar-refractivity contribution in [2.75, 3.05) is 5.32 Å². The van der Waals surface area contributed by atoms with Crippen molar-refractivity contribution in [3.05, 3.63) is 53.6 Å². The summed E-state index contributed by atoms with van der Waals surface area (Å²) in [6.07, 6.45) is 1.50. The van der Waals surface area contributed by atoms with Crippen molar-refractivity contribution in [3.63, 3.8) is 0 Å². The molecule has 0 saturated heterocycles. The molecule has 2 rings (SSSR count). The SMILES string of the molecule is CC(C)c1ccc(NC(=S)N/N=C/c2ccc(O)c(O)c2)cc1. The second-order valence-corrected chi connectivity index (χ2v) is 5.76. The van der Waals surface area contributed by atoms with Gasteiger partial charge in [0.1, 0.15) is 0 Å². The van der Waals surface area contributed by atoms with Gasteiger partial charge in [0.15, 0.2) is 16.6 Å². The van der Waals surface area contributed by atoms with E-state index in [1.54, 1.807) is 6.07 Å². The first-order valence-corrected chi connectivity index (χ1v) is 7.58. The lowest BCUT2D eigenvalue weighted by molar-refractivity contribution is 0.403. The topological polar surface area (TPSA) is 76.9 Å². The molecule has 0 aliphatic carbocycles. The molecule has 0 amide bonds. The maximum atomic E-state index is 9.39. The second kappa shape index (κ2) is 7.60. The lowest BCUT2D eigenvalue weighted by Crippen LogP contribution is -2.23. The Bertz CT molecular complexity index is 712. The highest BCUT2D eigenvalue weighted by molar-refractivity contribution is 7.80. The molecule has 0 aliphatic rings. The van der Waals surface area contributed by atoms with Gasteiger partial charge in [0.05, 0.1) is 6.21 Å². The number of hydrogen-bond donors (Lipinski definition) is 4. The van der Waals surface area contributed by atoms with E-state index in [2.05, 4.69) is 41.8 Å². The van der Waals surface area contributed by atoms with Crippen molar-refractivity contribution in [1.29, 1.82) is 0 Å². The summed E-state index contributed by atoms with van der Waals surface area (Å²) in [4.78, 5) is 0. The summed E-state index contributed by atoms with van der Waals surface area (Å²) in [6.45, 7) is 4.29. The highest BCUT2D eigenvalue weighted by Gasteiger charge is 2.01. The zero-order chi connectivity index (χ0) is 16.8. The number of aromatic hydroxyl groups is 2. The third-order valence-corrected chi connectivity index (χ3v) is 3.41. The quantitative estimate of drug-likeness (QED) is 0.299. The van der Waals surface area contributed by atoms with Crippen LogP contribution in [0, 0.1) is 0 Å². The largest absolute Gasteiger partial charge is 0.504 e. The second-order valence-electron chi connectivity index (χ2n) is 5.35. The van der Waals surface area contributed by atoms with E-state index in [4.69, 9.17) is 12.2 Å². The third-order valence-electron chi connectivity index (χ3n) is 3.21. The van der Waals surface area contributed by atoms with Gasteiger partial charge in [0.2, 0.25) is 0 Å². The summed E-state index contributed by atoms with van der Waals surface area (Å²) in [5, 5.41) is 26.0. The van der Waals surface area contributed by atoms with E-state index in [1.165, 1.54) is 23.9 Å². The predicted molar refractivity (Wildman–Crippen MR) is 97.3 cm³/mol. The summed E-state index contributed by atoms with van der Waals surface area (Å²) >= 11 is 5.16. The molecule has 0 atom stereocenters. The first-order chi connectivity index (χ1) is 11.0. The maximum Gasteiger partial charge on any atom is 0.191 e. The van der Waals surface area contributed by atoms with Gasteiger partial charge in [0, 0.05) is 5.69 Å². The van der Waals surface area contributed by atoms with Gasteiger partial charge in [0.25, 0.3) is 0 Å². The number of nitrogens with one attached hydrogen (secondary N) is 2. The molecule has 6 heteroatoms. The summed E-state index contributed by atoms with van der Waals surface area (Å²) in [5.74, 6) is 0.123. The monoisotopic (exact) mass is 329 g/mol. The van der Waals surface area contributed by atoms with E-state index in [-0.39, 0.29) is 11.5 Å². The first kappa shape index (κ1) is 16.8. The minimum absolute atomic E-state index is 0.169. The van der Waals surface area contributed by atoms with Crippen LogP contribution < -0.4 is 10.7 Å². The maximum absolute atomic E-state index is 9.39. The Labute approximate surface area is 140 Å². The van der Waals surface area contributed by atoms with E-state index >= 15 is 0 Å². The van der Waals surface area contributed by atoms with E-state index in [0.717, 1.165) is 5.69 Å². The molecule has 0 fully saturated rings. The Hall–Kier alpha value is -2.60. The van der Waals surface area contributed by atoms with Gasteiger partial charge in [-0.1, -0.05) is 26.0 Å². The lowest BCUT2D eigenvalue weighted by atomic mass is 10.0. The normalized spacial score (nSPS) is 10.9. The highest BCUT2D eigenvalue weighted by Crippen LogP contribution is 2.24. The summed E-state index contributed by atoms with van der Waals surface area (Å²) in [7, 11) is 0. The Morgan fingerprint density at radius 3 is 2.39 bits per heavy atom. The Balaban J connectivity index is 1.89. The third kappa shape index (κ3) is 4.96. The van der Waals surface area contributed by atoms with Gasteiger partial charge < -0.3 is 15.5 Å². The Morgan fingerprint density at radius 2 is 1.78 bits per heavy atom. The van der Waals surface area contributed by atoms with Crippen LogP contribution in [0.4, 0.5) is 5.69 Å². The molecule has 4 N–H and O–H groups in total. The van der Waals surface area contributed by atoms with E-state index < -0.39 is 0 Å². The molecule has 0 radical (unpaired) electrons. The van der Waals surface area contributed by atoms with Gasteiger partial charge in [-0.15, -0.1) is 0 Å². The molecule has 0 spiro atoms. The zero-order valence-electron chi connectivity index (χ0n) is 12.9. The number of hydrazone groups is 1. The summed E-state index contributed by atoms with van der Waals surface area (Å²) in [5.41, 5.74) is 5.48. The van der Waals surface area contributed by atoms with Gasteiger partial charge in [-0.05, 0) is 59.6 Å². The molecule has 2 aromatic carbocycles. The fourth-order valence-electron chi connectivity index (χ4n) is 1.90. The smallest absolute Gasteiger partial charge is 0.191 e. The highest BCUT2D eigenvalue weighted by atomic mass is 32.1. The van der Waals surface area contributed by atoms with E-state index in [1.807, 2.05) is 12.1 Å². The van der Waals surface area contributed by atoms with Crippen LogP contribution in [0.25, 0.3) is 0 Å². The molecule has 120 valence electrons. The molecule has 0 aromatic heterocycles. The number of phenolic OH excluding ortho intramolecular Hbond substituents is 2. The Kier molecular flexibility index (Phi) is 5.54. The Morgan fingerprint density at radius 1 is 1.09 bits per heavy atom. The number of rotatable bonds is 4. The van der Waals surface area contributed by atoms with Crippen molar-refractivity contribution in [2.45, 2.75) is 19.8 Å². The zero-order valence-corrected chi connectivity index (χ0v) is 13.8. The van der Waals surface area contributed by atoms with Gasteiger partial charge >= 0.3 is 0 Å². The van der Waals surface area contributed by atoms with E-state index in [9.17, 15) is 10.2 Å². The van der Waals surface area contributed by atoms with Crippen LogP contribution in [-0.4, -0.2) is 21.5 Å². The first-order valence-electron chi connectivity index (χ1n) is 7.17. The van der Waals surface area contributed by atoms with Gasteiger partial charge in [-0.3, -0.25) is 5.43 Å². The summed E-state index contributed by atoms with van der Waals surface area (Å²) in [6, 6.07) is 12.5. The van der Waals surface area contributed by atoms with Gasteiger partial charge in [-0.2, -0.15) is 5.10 Å². The molecule has 2 aromatic rings. The van der Waals surface area contributed by atoms with Crippen molar-refractivity contribution in [2.24, 2.45) is 5.10 Å². The van der Waals surface area contributed by atoms with Crippen molar-refractivity contribution < 1.29 is 10.2 Å². The molecule has 0 saturated carbocycles. The van der Waals surface area contributed by atoms with Crippen LogP contribution in [-0.2, 0) is 0 Å². The number of anilines is 1. The van der Waals surface area contributed by atoms with Gasteiger partial charge in [-0.25, -0.2) is 0 Å². The number of nitrogens with zero attached hydrogens (tertiary/aromatic N) is 1. The predicted octanol–water partition coefficient (Wildman–Crippen LogP) is 3.54. The molecule has 23 heavy (non-hydrogen) atoms. The number of hydrogen-bond acceptors (Lipinski definition) is 4. The lowest BCUT2D eigenvalue weighted by Gasteiger charge is -2.09. The fraction of sp³-hybridized carbons (Fsp3) is 0.176. The van der Waals surface area contributed by atoms with Crippen molar-refractivity contribution >= 4 is 29.2 Å². The van der Waals surface area contributed by atoms with Crippen LogP contribution in [0.3, 0.4) is 0 Å². The molecule has 0 aliphatic heterocycles. The number of phenols is 2. The number of thiocarbonyl (C=S) groups is 1. The van der Waals surface area contributed by atoms with Crippen LogP contribution >= 0.6 is 12.2 Å². The minimum atomic E-state index is -0.195. The fourth-order valence-corrected chi connectivity index (χ4v) is 2.07. The molecular weight excluding hydrogens is 310 g/mol. The molecule has 0 bridgehead atoms. The van der Waals surface area contributed by atoms with Crippen molar-refractivity contribution in [1.82, 2.24) is 5.43 Å². The molecule has 0 heterocycles. The molecule has 5 nitrogen and oxygen atoms in total. The van der Waals surface area contributed by atoms with E-state index in [0.29, 0.717) is 16.6 Å². The number of benzene rings is 2. The van der Waals surface area contributed by atoms with Crippen molar-refractivity contribution in [3.8, 4) is 11.5 Å². The van der Waals surface area contributed by atoms with Crippen LogP contribution in [0.5, 0.6) is 11.5 Å². The molecular formula is C17H19N3O2S. The summed E-state index contributed by atoms with van der Waals surface area (Å²) < 4.78 is 0. The van der Waals surface area contributed by atoms with Crippen LogP contribution in [0.1, 0.15) is 30.9 Å². The minimum Gasteiger partial charge on any atom is -0.504 e. The standard InChI is InChI=1S/C17H19N3O2S/c1-11(2)13-4-6-14(7-5-13)19-17(23)20-18-10-12-3-8-15(21)16(22)9-12/h3-11,21-22H,1-2H3,(H2,19,20,23)/b18-10+. The average Bonchev–Trinajstić information content (AvgIpc) is 2.51.